The van der Waals surface area contributed by atoms with Crippen LogP contribution in [0.1, 0.15) is 39.0 Å². The minimum atomic E-state index is 0.522. The van der Waals surface area contributed by atoms with Gasteiger partial charge in [0.05, 0.1) is 6.10 Å². The monoisotopic (exact) mass is 185 g/mol. The number of ether oxygens (including phenoxy) is 1. The van der Waals surface area contributed by atoms with Crippen molar-refractivity contribution in [1.29, 1.82) is 0 Å². The topological polar surface area (TPSA) is 12.5 Å². The molecule has 1 saturated carbocycles. The molecular weight excluding hydrogens is 162 g/mol. The van der Waals surface area contributed by atoms with Gasteiger partial charge in [-0.05, 0) is 39.3 Å². The molecule has 2 atom stereocenters. The van der Waals surface area contributed by atoms with Gasteiger partial charge in [0.2, 0.25) is 0 Å². The Morgan fingerprint density at radius 2 is 2.15 bits per heavy atom. The van der Waals surface area contributed by atoms with Gasteiger partial charge in [-0.2, -0.15) is 0 Å². The summed E-state index contributed by atoms with van der Waals surface area (Å²) in [5, 5.41) is 0. The molecule has 2 nitrogen and oxygen atoms in total. The second-order valence-corrected chi connectivity index (χ2v) is 4.16. The van der Waals surface area contributed by atoms with E-state index in [0.717, 1.165) is 6.04 Å². The highest BCUT2D eigenvalue weighted by Gasteiger charge is 2.26. The Kier molecular flexibility index (Phi) is 4.74. The van der Waals surface area contributed by atoms with Gasteiger partial charge in [-0.3, -0.25) is 0 Å². The summed E-state index contributed by atoms with van der Waals surface area (Å²) in [7, 11) is 4.08. The molecule has 13 heavy (non-hydrogen) atoms. The van der Waals surface area contributed by atoms with Crippen molar-refractivity contribution in [3.05, 3.63) is 0 Å². The highest BCUT2D eigenvalue weighted by atomic mass is 16.5. The first-order valence-corrected chi connectivity index (χ1v) is 5.51. The molecule has 0 radical (unpaired) electrons. The SMILES string of the molecule is CCCCN(C)C1CCC(OC)C1. The Labute approximate surface area is 82.3 Å². The fourth-order valence-electron chi connectivity index (χ4n) is 2.12. The van der Waals surface area contributed by atoms with Gasteiger partial charge in [-0.15, -0.1) is 0 Å². The Morgan fingerprint density at radius 1 is 1.38 bits per heavy atom. The van der Waals surface area contributed by atoms with Crippen LogP contribution in [0, 0.1) is 0 Å². The van der Waals surface area contributed by atoms with E-state index in [-0.39, 0.29) is 0 Å². The number of hydrogen-bond acceptors (Lipinski definition) is 2. The number of unbranched alkanes of at least 4 members (excludes halogenated alkanes) is 1. The van der Waals surface area contributed by atoms with Crippen molar-refractivity contribution < 1.29 is 4.74 Å². The summed E-state index contributed by atoms with van der Waals surface area (Å²) in [6.45, 7) is 3.50. The molecule has 2 heteroatoms. The lowest BCUT2D eigenvalue weighted by Gasteiger charge is -2.23. The van der Waals surface area contributed by atoms with Crippen LogP contribution in [0.15, 0.2) is 0 Å². The quantitative estimate of drug-likeness (QED) is 0.651. The summed E-state index contributed by atoms with van der Waals surface area (Å²) < 4.78 is 5.37. The van der Waals surface area contributed by atoms with Crippen LogP contribution in [0.3, 0.4) is 0 Å². The molecule has 2 unspecified atom stereocenters. The summed E-state index contributed by atoms with van der Waals surface area (Å²) in [6, 6.07) is 0.775. The van der Waals surface area contributed by atoms with Gasteiger partial charge >= 0.3 is 0 Å². The van der Waals surface area contributed by atoms with Crippen LogP contribution in [0.4, 0.5) is 0 Å². The van der Waals surface area contributed by atoms with E-state index in [1.54, 1.807) is 0 Å². The van der Waals surface area contributed by atoms with E-state index in [4.69, 9.17) is 4.74 Å². The van der Waals surface area contributed by atoms with Crippen molar-refractivity contribution in [1.82, 2.24) is 4.90 Å². The average molecular weight is 185 g/mol. The van der Waals surface area contributed by atoms with Crippen molar-refractivity contribution in [2.75, 3.05) is 20.7 Å². The molecular formula is C11H23NO. The zero-order valence-corrected chi connectivity index (χ0v) is 9.25. The third-order valence-corrected chi connectivity index (χ3v) is 3.18. The molecule has 0 N–H and O–H groups in total. The maximum atomic E-state index is 5.37. The van der Waals surface area contributed by atoms with Crippen LogP contribution in [-0.2, 0) is 4.74 Å². The molecule has 1 aliphatic carbocycles. The first-order valence-electron chi connectivity index (χ1n) is 5.51. The summed E-state index contributed by atoms with van der Waals surface area (Å²) >= 11 is 0. The van der Waals surface area contributed by atoms with Crippen LogP contribution in [0.2, 0.25) is 0 Å². The fraction of sp³-hybridized carbons (Fsp3) is 1.00. The third-order valence-electron chi connectivity index (χ3n) is 3.18. The molecule has 0 saturated heterocycles. The summed E-state index contributed by atoms with van der Waals surface area (Å²) in [5.74, 6) is 0. The first kappa shape index (κ1) is 11.0. The second-order valence-electron chi connectivity index (χ2n) is 4.16. The van der Waals surface area contributed by atoms with E-state index < -0.39 is 0 Å². The smallest absolute Gasteiger partial charge is 0.0586 e. The number of methoxy groups -OCH3 is 1. The molecule has 0 aliphatic heterocycles. The van der Waals surface area contributed by atoms with Crippen LogP contribution >= 0.6 is 0 Å². The van der Waals surface area contributed by atoms with Gasteiger partial charge < -0.3 is 9.64 Å². The normalized spacial score (nSPS) is 28.6. The molecule has 1 rings (SSSR count). The number of nitrogens with zero attached hydrogens (tertiary/aromatic N) is 1. The second kappa shape index (κ2) is 5.61. The van der Waals surface area contributed by atoms with Crippen LogP contribution in [0.25, 0.3) is 0 Å². The first-order chi connectivity index (χ1) is 6.27. The predicted molar refractivity (Wildman–Crippen MR) is 56.0 cm³/mol. The van der Waals surface area contributed by atoms with Crippen molar-refractivity contribution >= 4 is 0 Å². The lowest BCUT2D eigenvalue weighted by molar-refractivity contribution is 0.0997. The zero-order chi connectivity index (χ0) is 9.68. The molecule has 0 aromatic heterocycles. The van der Waals surface area contributed by atoms with Gasteiger partial charge in [-0.1, -0.05) is 13.3 Å². The van der Waals surface area contributed by atoms with Gasteiger partial charge in [-0.25, -0.2) is 0 Å². The van der Waals surface area contributed by atoms with E-state index in [0.29, 0.717) is 6.10 Å². The maximum absolute atomic E-state index is 5.37. The lowest BCUT2D eigenvalue weighted by Crippen LogP contribution is -2.30. The van der Waals surface area contributed by atoms with Gasteiger partial charge in [0.15, 0.2) is 0 Å². The highest BCUT2D eigenvalue weighted by molar-refractivity contribution is 4.81. The minimum absolute atomic E-state index is 0.522. The number of rotatable bonds is 5. The van der Waals surface area contributed by atoms with Gasteiger partial charge in [0.25, 0.3) is 0 Å². The molecule has 1 aliphatic rings. The summed E-state index contributed by atoms with van der Waals surface area (Å²) in [6.07, 6.45) is 6.94. The van der Waals surface area contributed by atoms with E-state index in [1.165, 1.54) is 38.6 Å². The lowest BCUT2D eigenvalue weighted by atomic mass is 10.2. The Balaban J connectivity index is 2.20. The summed E-state index contributed by atoms with van der Waals surface area (Å²) in [4.78, 5) is 2.50. The molecule has 0 aromatic rings. The van der Waals surface area contributed by atoms with Crippen LogP contribution in [-0.4, -0.2) is 37.7 Å². The molecule has 0 heterocycles. The largest absolute Gasteiger partial charge is 0.381 e. The van der Waals surface area contributed by atoms with Crippen LogP contribution in [0.5, 0.6) is 0 Å². The van der Waals surface area contributed by atoms with Gasteiger partial charge in [0, 0.05) is 13.2 Å². The Morgan fingerprint density at radius 3 is 2.69 bits per heavy atom. The zero-order valence-electron chi connectivity index (χ0n) is 9.25. The maximum Gasteiger partial charge on any atom is 0.0586 e. The molecule has 0 aromatic carbocycles. The minimum Gasteiger partial charge on any atom is -0.381 e. The molecule has 78 valence electrons. The third kappa shape index (κ3) is 3.28. The molecule has 0 bridgehead atoms. The Bertz CT molecular complexity index is 138. The number of hydrogen-bond donors (Lipinski definition) is 0. The Hall–Kier alpha value is -0.0800. The predicted octanol–water partition coefficient (Wildman–Crippen LogP) is 2.29. The van der Waals surface area contributed by atoms with Crippen molar-refractivity contribution in [2.45, 2.75) is 51.2 Å². The van der Waals surface area contributed by atoms with Crippen molar-refractivity contribution in [2.24, 2.45) is 0 Å². The van der Waals surface area contributed by atoms with E-state index >= 15 is 0 Å². The van der Waals surface area contributed by atoms with E-state index in [2.05, 4.69) is 18.9 Å². The molecule has 1 fully saturated rings. The fourth-order valence-corrected chi connectivity index (χ4v) is 2.12. The highest BCUT2D eigenvalue weighted by Crippen LogP contribution is 2.25. The standard InChI is InChI=1S/C11H23NO/c1-4-5-8-12(2)10-6-7-11(9-10)13-3/h10-11H,4-9H2,1-3H3. The van der Waals surface area contributed by atoms with Crippen molar-refractivity contribution in [3.8, 4) is 0 Å². The summed E-state index contributed by atoms with van der Waals surface area (Å²) in [5.41, 5.74) is 0. The van der Waals surface area contributed by atoms with E-state index in [1.807, 2.05) is 7.11 Å². The van der Waals surface area contributed by atoms with Crippen molar-refractivity contribution in [3.63, 3.8) is 0 Å². The average Bonchev–Trinajstić information content (AvgIpc) is 2.62. The molecule has 0 amide bonds. The van der Waals surface area contributed by atoms with Crippen LogP contribution < -0.4 is 0 Å². The van der Waals surface area contributed by atoms with Gasteiger partial charge in [0.1, 0.15) is 0 Å². The molecule has 0 spiro atoms. The van der Waals surface area contributed by atoms with E-state index in [9.17, 15) is 0 Å².